The first kappa shape index (κ1) is 18.8. The van der Waals surface area contributed by atoms with Crippen LogP contribution in [-0.2, 0) is 9.59 Å². The number of hydrogen-bond acceptors (Lipinski definition) is 4. The molecule has 1 heterocycles. The van der Waals surface area contributed by atoms with E-state index in [0.29, 0.717) is 25.3 Å². The quantitative estimate of drug-likeness (QED) is 0.816. The van der Waals surface area contributed by atoms with Gasteiger partial charge in [0, 0.05) is 18.7 Å². The van der Waals surface area contributed by atoms with E-state index in [0.717, 1.165) is 17.0 Å². The Kier molecular flexibility index (Phi) is 5.96. The van der Waals surface area contributed by atoms with Crippen molar-refractivity contribution in [1.29, 1.82) is 0 Å². The second-order valence-corrected chi connectivity index (χ2v) is 6.50. The van der Waals surface area contributed by atoms with Crippen LogP contribution in [0.15, 0.2) is 48.5 Å². The number of amides is 2. The van der Waals surface area contributed by atoms with Gasteiger partial charge in [-0.05, 0) is 50.2 Å². The molecular formula is C21H24N2O4. The molecule has 2 aromatic rings. The third-order valence-corrected chi connectivity index (χ3v) is 4.34. The number of carbonyl (C=O) groups excluding carboxylic acids is 2. The van der Waals surface area contributed by atoms with Crippen LogP contribution in [0.25, 0.3) is 0 Å². The van der Waals surface area contributed by atoms with E-state index in [1.807, 2.05) is 38.1 Å². The van der Waals surface area contributed by atoms with E-state index in [9.17, 15) is 9.59 Å². The van der Waals surface area contributed by atoms with Crippen molar-refractivity contribution in [2.45, 2.75) is 26.3 Å². The summed E-state index contributed by atoms with van der Waals surface area (Å²) in [6.07, 6.45) is 0.294. The summed E-state index contributed by atoms with van der Waals surface area (Å²) in [5.41, 5.74) is 2.00. The number of benzene rings is 2. The monoisotopic (exact) mass is 368 g/mol. The second kappa shape index (κ2) is 8.58. The minimum Gasteiger partial charge on any atom is -0.494 e. The van der Waals surface area contributed by atoms with Crippen molar-refractivity contribution in [3.05, 3.63) is 54.1 Å². The molecule has 6 nitrogen and oxygen atoms in total. The SMILES string of the molecule is CCOc1ccc(OCC(=O)N[C@@H]2CC(=O)N(c3ccc(C)cc3)C2)cc1. The van der Waals surface area contributed by atoms with E-state index in [1.165, 1.54) is 0 Å². The average molecular weight is 368 g/mol. The van der Waals surface area contributed by atoms with Crippen LogP contribution in [0.3, 0.4) is 0 Å². The molecule has 0 bridgehead atoms. The third kappa shape index (κ3) is 5.00. The van der Waals surface area contributed by atoms with Gasteiger partial charge in [-0.25, -0.2) is 0 Å². The predicted octanol–water partition coefficient (Wildman–Crippen LogP) is 2.69. The molecule has 1 saturated heterocycles. The van der Waals surface area contributed by atoms with Gasteiger partial charge in [-0.15, -0.1) is 0 Å². The normalized spacial score (nSPS) is 16.3. The summed E-state index contributed by atoms with van der Waals surface area (Å²) < 4.78 is 10.9. The fourth-order valence-electron chi connectivity index (χ4n) is 3.00. The minimum atomic E-state index is -0.243. The maximum absolute atomic E-state index is 12.2. The van der Waals surface area contributed by atoms with E-state index in [2.05, 4.69) is 5.32 Å². The Morgan fingerprint density at radius 3 is 2.33 bits per heavy atom. The van der Waals surface area contributed by atoms with E-state index in [4.69, 9.17) is 9.47 Å². The number of hydrogen-bond donors (Lipinski definition) is 1. The van der Waals surface area contributed by atoms with Crippen molar-refractivity contribution in [3.63, 3.8) is 0 Å². The van der Waals surface area contributed by atoms with Gasteiger partial charge in [0.25, 0.3) is 5.91 Å². The zero-order chi connectivity index (χ0) is 19.2. The molecule has 2 amide bonds. The third-order valence-electron chi connectivity index (χ3n) is 4.34. The number of nitrogens with one attached hydrogen (secondary N) is 1. The van der Waals surface area contributed by atoms with Crippen LogP contribution in [0.5, 0.6) is 11.5 Å². The zero-order valence-electron chi connectivity index (χ0n) is 15.6. The molecule has 0 saturated carbocycles. The van der Waals surface area contributed by atoms with Gasteiger partial charge in [-0.2, -0.15) is 0 Å². The fourth-order valence-corrected chi connectivity index (χ4v) is 3.00. The van der Waals surface area contributed by atoms with E-state index < -0.39 is 0 Å². The lowest BCUT2D eigenvalue weighted by Crippen LogP contribution is -2.39. The fraction of sp³-hybridized carbons (Fsp3) is 0.333. The van der Waals surface area contributed by atoms with Gasteiger partial charge >= 0.3 is 0 Å². The highest BCUT2D eigenvalue weighted by molar-refractivity contribution is 5.96. The lowest BCUT2D eigenvalue weighted by molar-refractivity contribution is -0.123. The first-order valence-electron chi connectivity index (χ1n) is 9.07. The highest BCUT2D eigenvalue weighted by atomic mass is 16.5. The summed E-state index contributed by atoms with van der Waals surface area (Å²) in [7, 11) is 0. The van der Waals surface area contributed by atoms with Gasteiger partial charge in [-0.3, -0.25) is 9.59 Å². The first-order valence-corrected chi connectivity index (χ1v) is 9.07. The molecule has 142 valence electrons. The number of ether oxygens (including phenoxy) is 2. The molecule has 1 fully saturated rings. The number of carbonyl (C=O) groups is 2. The van der Waals surface area contributed by atoms with Gasteiger partial charge in [0.15, 0.2) is 6.61 Å². The van der Waals surface area contributed by atoms with E-state index >= 15 is 0 Å². The van der Waals surface area contributed by atoms with Crippen molar-refractivity contribution in [2.24, 2.45) is 0 Å². The molecule has 27 heavy (non-hydrogen) atoms. The van der Waals surface area contributed by atoms with Gasteiger partial charge in [0.2, 0.25) is 5.91 Å². The Labute approximate surface area is 159 Å². The summed E-state index contributed by atoms with van der Waals surface area (Å²) in [6.45, 7) is 4.90. The molecule has 1 aliphatic rings. The van der Waals surface area contributed by atoms with Crippen molar-refractivity contribution in [3.8, 4) is 11.5 Å². The average Bonchev–Trinajstić information content (AvgIpc) is 3.02. The Balaban J connectivity index is 1.48. The molecule has 1 N–H and O–H groups in total. The molecule has 6 heteroatoms. The highest BCUT2D eigenvalue weighted by Gasteiger charge is 2.31. The number of rotatable bonds is 7. The molecule has 0 aromatic heterocycles. The molecule has 0 aliphatic carbocycles. The highest BCUT2D eigenvalue weighted by Crippen LogP contribution is 2.22. The van der Waals surface area contributed by atoms with Crippen molar-refractivity contribution in [2.75, 3.05) is 24.7 Å². The number of aryl methyl sites for hydroxylation is 1. The van der Waals surface area contributed by atoms with E-state index in [-0.39, 0.29) is 24.5 Å². The Bertz CT molecular complexity index is 787. The summed E-state index contributed by atoms with van der Waals surface area (Å²) in [5, 5.41) is 2.87. The van der Waals surface area contributed by atoms with Crippen LogP contribution in [-0.4, -0.2) is 37.6 Å². The second-order valence-electron chi connectivity index (χ2n) is 6.50. The van der Waals surface area contributed by atoms with Crippen LogP contribution in [0.1, 0.15) is 18.9 Å². The van der Waals surface area contributed by atoms with Gasteiger partial charge in [0.05, 0.1) is 12.6 Å². The maximum atomic E-state index is 12.2. The Morgan fingerprint density at radius 1 is 1.07 bits per heavy atom. The van der Waals surface area contributed by atoms with Crippen LogP contribution >= 0.6 is 0 Å². The van der Waals surface area contributed by atoms with Crippen LogP contribution < -0.4 is 19.7 Å². The summed E-state index contributed by atoms with van der Waals surface area (Å²) in [4.78, 5) is 26.1. The Hall–Kier alpha value is -3.02. The largest absolute Gasteiger partial charge is 0.494 e. The van der Waals surface area contributed by atoms with Crippen molar-refractivity contribution >= 4 is 17.5 Å². The number of nitrogens with zero attached hydrogens (tertiary/aromatic N) is 1. The minimum absolute atomic E-state index is 0.0107. The topological polar surface area (TPSA) is 67.9 Å². The summed E-state index contributed by atoms with van der Waals surface area (Å²) in [6, 6.07) is 14.7. The van der Waals surface area contributed by atoms with Crippen LogP contribution in [0.2, 0.25) is 0 Å². The maximum Gasteiger partial charge on any atom is 0.258 e. The van der Waals surface area contributed by atoms with Crippen molar-refractivity contribution in [1.82, 2.24) is 5.32 Å². The predicted molar refractivity (Wildman–Crippen MR) is 103 cm³/mol. The Morgan fingerprint density at radius 2 is 1.70 bits per heavy atom. The van der Waals surface area contributed by atoms with Crippen molar-refractivity contribution < 1.29 is 19.1 Å². The summed E-state index contributed by atoms with van der Waals surface area (Å²) in [5.74, 6) is 1.12. The standard InChI is InChI=1S/C21H24N2O4/c1-3-26-18-8-10-19(11-9-18)27-14-20(24)22-16-12-21(25)23(13-16)17-6-4-15(2)5-7-17/h4-11,16H,3,12-14H2,1-2H3,(H,22,24)/t16-/m1/s1. The first-order chi connectivity index (χ1) is 13.0. The van der Waals surface area contributed by atoms with Crippen LogP contribution in [0.4, 0.5) is 5.69 Å². The zero-order valence-corrected chi connectivity index (χ0v) is 15.6. The lowest BCUT2D eigenvalue weighted by atomic mass is 10.2. The van der Waals surface area contributed by atoms with Crippen LogP contribution in [0, 0.1) is 6.92 Å². The molecule has 1 atom stereocenters. The molecular weight excluding hydrogens is 344 g/mol. The van der Waals surface area contributed by atoms with Gasteiger partial charge in [-0.1, -0.05) is 17.7 Å². The molecule has 0 unspecified atom stereocenters. The molecule has 3 rings (SSSR count). The van der Waals surface area contributed by atoms with E-state index in [1.54, 1.807) is 29.2 Å². The smallest absolute Gasteiger partial charge is 0.258 e. The molecule has 0 spiro atoms. The molecule has 0 radical (unpaired) electrons. The molecule has 2 aromatic carbocycles. The summed E-state index contributed by atoms with van der Waals surface area (Å²) >= 11 is 0. The molecule has 1 aliphatic heterocycles. The van der Waals surface area contributed by atoms with Gasteiger partial charge < -0.3 is 19.7 Å². The number of anilines is 1. The lowest BCUT2D eigenvalue weighted by Gasteiger charge is -2.17. The van der Waals surface area contributed by atoms with Gasteiger partial charge in [0.1, 0.15) is 11.5 Å².